The summed E-state index contributed by atoms with van der Waals surface area (Å²) in [6, 6.07) is 2.15. The molecule has 2 unspecified atom stereocenters. The van der Waals surface area contributed by atoms with Crippen LogP contribution in [0.25, 0.3) is 0 Å². The Morgan fingerprint density at radius 2 is 2.06 bits per heavy atom. The van der Waals surface area contributed by atoms with E-state index in [2.05, 4.69) is 27.5 Å². The number of piperidine rings is 1. The van der Waals surface area contributed by atoms with Crippen molar-refractivity contribution in [1.82, 2.24) is 20.4 Å². The van der Waals surface area contributed by atoms with Gasteiger partial charge in [0.2, 0.25) is 4.47 Å². The van der Waals surface area contributed by atoms with Crippen molar-refractivity contribution < 1.29 is 0 Å². The van der Waals surface area contributed by atoms with Gasteiger partial charge in [-0.2, -0.15) is 0 Å². The Bertz CT molecular complexity index is 385. The van der Waals surface area contributed by atoms with E-state index in [0.29, 0.717) is 10.5 Å². The molecule has 1 N–H and O–H groups in total. The van der Waals surface area contributed by atoms with Crippen LogP contribution in [0.3, 0.4) is 0 Å². The molecule has 3 rings (SSSR count). The molecular formula is C11H17ClN4S. The van der Waals surface area contributed by atoms with Gasteiger partial charge in [-0.15, -0.1) is 10.2 Å². The normalized spacial score (nSPS) is 32.3. The van der Waals surface area contributed by atoms with Gasteiger partial charge in [0.05, 0.1) is 6.54 Å². The van der Waals surface area contributed by atoms with Gasteiger partial charge >= 0.3 is 0 Å². The Labute approximate surface area is 110 Å². The number of nitrogens with one attached hydrogen (secondary N) is 1. The molecule has 17 heavy (non-hydrogen) atoms. The number of fused-ring (bicyclic) bond motifs is 2. The van der Waals surface area contributed by atoms with Crippen molar-refractivity contribution in [2.45, 2.75) is 50.4 Å². The van der Waals surface area contributed by atoms with Crippen LogP contribution in [0.15, 0.2) is 0 Å². The molecule has 1 aromatic heterocycles. The highest BCUT2D eigenvalue weighted by atomic mass is 35.5. The zero-order valence-electron chi connectivity index (χ0n) is 9.90. The highest BCUT2D eigenvalue weighted by molar-refractivity contribution is 7.15. The molecule has 94 valence electrons. The summed E-state index contributed by atoms with van der Waals surface area (Å²) in [5.41, 5.74) is 0. The van der Waals surface area contributed by atoms with Gasteiger partial charge in [-0.05, 0) is 44.3 Å². The lowest BCUT2D eigenvalue weighted by Gasteiger charge is -2.35. The van der Waals surface area contributed by atoms with E-state index in [9.17, 15) is 0 Å². The van der Waals surface area contributed by atoms with Gasteiger partial charge in [0.25, 0.3) is 0 Å². The Balaban J connectivity index is 1.60. The van der Waals surface area contributed by atoms with Crippen LogP contribution in [0.1, 0.15) is 30.7 Å². The molecule has 2 fully saturated rings. The van der Waals surface area contributed by atoms with Crippen molar-refractivity contribution in [3.05, 3.63) is 9.47 Å². The number of nitrogens with zero attached hydrogens (tertiary/aromatic N) is 3. The summed E-state index contributed by atoms with van der Waals surface area (Å²) in [5, 5.41) is 12.6. The third-order valence-electron chi connectivity index (χ3n) is 3.90. The monoisotopic (exact) mass is 272 g/mol. The number of aromatic nitrogens is 2. The van der Waals surface area contributed by atoms with Crippen LogP contribution in [-0.2, 0) is 6.54 Å². The first-order valence-electron chi connectivity index (χ1n) is 6.15. The second kappa shape index (κ2) is 4.80. The topological polar surface area (TPSA) is 41.1 Å². The lowest BCUT2D eigenvalue weighted by atomic mass is 9.99. The van der Waals surface area contributed by atoms with Crippen LogP contribution < -0.4 is 5.32 Å². The van der Waals surface area contributed by atoms with Gasteiger partial charge in [-0.3, -0.25) is 4.90 Å². The van der Waals surface area contributed by atoms with E-state index < -0.39 is 0 Å². The van der Waals surface area contributed by atoms with Crippen LogP contribution in [0.5, 0.6) is 0 Å². The summed E-state index contributed by atoms with van der Waals surface area (Å²) >= 11 is 7.29. The maximum absolute atomic E-state index is 5.80. The molecule has 2 aliphatic rings. The third kappa shape index (κ3) is 2.62. The SMILES string of the molecule is CN(Cc1nnc(Cl)s1)C1CC2CCC(C1)N2. The van der Waals surface area contributed by atoms with Crippen molar-refractivity contribution in [1.29, 1.82) is 0 Å². The molecule has 2 atom stereocenters. The first kappa shape index (κ1) is 11.8. The third-order valence-corrected chi connectivity index (χ3v) is 4.90. The van der Waals surface area contributed by atoms with Crippen molar-refractivity contribution in [2.75, 3.05) is 7.05 Å². The van der Waals surface area contributed by atoms with E-state index in [1.54, 1.807) is 0 Å². The van der Waals surface area contributed by atoms with E-state index in [0.717, 1.165) is 23.6 Å². The van der Waals surface area contributed by atoms with Crippen molar-refractivity contribution in [2.24, 2.45) is 0 Å². The Hall–Kier alpha value is -0.230. The lowest BCUT2D eigenvalue weighted by molar-refractivity contribution is 0.165. The quantitative estimate of drug-likeness (QED) is 0.913. The smallest absolute Gasteiger partial charge is 0.207 e. The van der Waals surface area contributed by atoms with Gasteiger partial charge in [0, 0.05) is 18.1 Å². The fourth-order valence-electron chi connectivity index (χ4n) is 3.03. The van der Waals surface area contributed by atoms with Crippen LogP contribution in [0, 0.1) is 0 Å². The summed E-state index contributed by atoms with van der Waals surface area (Å²) in [5.74, 6) is 0. The second-order valence-corrected chi connectivity index (χ2v) is 6.77. The molecule has 0 saturated carbocycles. The van der Waals surface area contributed by atoms with Crippen LogP contribution >= 0.6 is 22.9 Å². The van der Waals surface area contributed by atoms with Gasteiger partial charge in [0.15, 0.2) is 0 Å². The zero-order valence-corrected chi connectivity index (χ0v) is 11.5. The van der Waals surface area contributed by atoms with Crippen LogP contribution in [0.4, 0.5) is 0 Å². The first-order valence-corrected chi connectivity index (χ1v) is 7.34. The van der Waals surface area contributed by atoms with Crippen molar-refractivity contribution >= 4 is 22.9 Å². The number of rotatable bonds is 3. The molecule has 0 aliphatic carbocycles. The van der Waals surface area contributed by atoms with Gasteiger partial charge in [-0.25, -0.2) is 0 Å². The minimum atomic E-state index is 0.541. The Morgan fingerprint density at radius 3 is 2.65 bits per heavy atom. The minimum Gasteiger partial charge on any atom is -0.311 e. The lowest BCUT2D eigenvalue weighted by Crippen LogP contribution is -2.46. The maximum atomic E-state index is 5.80. The van der Waals surface area contributed by atoms with Gasteiger partial charge < -0.3 is 5.32 Å². The fourth-order valence-corrected chi connectivity index (χ4v) is 3.96. The summed E-state index contributed by atoms with van der Waals surface area (Å²) in [4.78, 5) is 2.41. The van der Waals surface area contributed by atoms with Gasteiger partial charge in [-0.1, -0.05) is 11.3 Å². The Kier molecular flexibility index (Phi) is 3.34. The van der Waals surface area contributed by atoms with Gasteiger partial charge in [0.1, 0.15) is 5.01 Å². The van der Waals surface area contributed by atoms with E-state index in [4.69, 9.17) is 11.6 Å². The molecule has 0 aromatic carbocycles. The number of hydrogen-bond acceptors (Lipinski definition) is 5. The molecule has 6 heteroatoms. The van der Waals surface area contributed by atoms with E-state index in [1.165, 1.54) is 37.0 Å². The van der Waals surface area contributed by atoms with Crippen molar-refractivity contribution in [3.8, 4) is 0 Å². The summed E-state index contributed by atoms with van der Waals surface area (Å²) in [6.45, 7) is 0.870. The fraction of sp³-hybridized carbons (Fsp3) is 0.818. The molecule has 2 aliphatic heterocycles. The largest absolute Gasteiger partial charge is 0.311 e. The molecule has 0 spiro atoms. The minimum absolute atomic E-state index is 0.541. The van der Waals surface area contributed by atoms with E-state index in [1.807, 2.05) is 0 Å². The maximum Gasteiger partial charge on any atom is 0.207 e. The number of halogens is 1. The zero-order chi connectivity index (χ0) is 11.8. The highest BCUT2D eigenvalue weighted by Crippen LogP contribution is 2.30. The van der Waals surface area contributed by atoms with Crippen LogP contribution in [0.2, 0.25) is 4.47 Å². The molecule has 0 amide bonds. The molecule has 1 aromatic rings. The average Bonchev–Trinajstić information content (AvgIpc) is 2.85. The van der Waals surface area contributed by atoms with Crippen LogP contribution in [-0.4, -0.2) is 40.3 Å². The number of hydrogen-bond donors (Lipinski definition) is 1. The molecule has 3 heterocycles. The molecule has 0 radical (unpaired) electrons. The Morgan fingerprint density at radius 1 is 1.35 bits per heavy atom. The van der Waals surface area contributed by atoms with Crippen molar-refractivity contribution in [3.63, 3.8) is 0 Å². The highest BCUT2D eigenvalue weighted by Gasteiger charge is 2.35. The summed E-state index contributed by atoms with van der Waals surface area (Å²) in [6.07, 6.45) is 5.22. The van der Waals surface area contributed by atoms with E-state index in [-0.39, 0.29) is 0 Å². The molecule has 2 bridgehead atoms. The summed E-state index contributed by atoms with van der Waals surface area (Å²) in [7, 11) is 2.19. The molecule has 4 nitrogen and oxygen atoms in total. The van der Waals surface area contributed by atoms with E-state index >= 15 is 0 Å². The molecule has 2 saturated heterocycles. The predicted molar refractivity (Wildman–Crippen MR) is 69.4 cm³/mol. The standard InChI is InChI=1S/C11H17ClN4S/c1-16(6-10-14-15-11(12)17-10)9-4-7-2-3-8(5-9)13-7/h7-9,13H,2-6H2,1H3. The first-order chi connectivity index (χ1) is 8.20. The summed E-state index contributed by atoms with van der Waals surface area (Å²) < 4.78 is 0.541. The predicted octanol–water partition coefficient (Wildman–Crippen LogP) is 1.91. The second-order valence-electron chi connectivity index (χ2n) is 5.13. The molecular weight excluding hydrogens is 256 g/mol. The average molecular weight is 273 g/mol.